The lowest BCUT2D eigenvalue weighted by molar-refractivity contribution is -0.237. The van der Waals surface area contributed by atoms with Crippen molar-refractivity contribution in [2.24, 2.45) is 0 Å². The molecular weight excluding hydrogens is 335 g/mol. The Morgan fingerprint density at radius 2 is 1.79 bits per heavy atom. The Hall–Kier alpha value is -2.79. The summed E-state index contributed by atoms with van der Waals surface area (Å²) in [4.78, 5) is 11.8. The molecule has 0 aromatic heterocycles. The van der Waals surface area contributed by atoms with Crippen LogP contribution < -0.4 is 9.05 Å². The lowest BCUT2D eigenvalue weighted by Gasteiger charge is -2.18. The number of ether oxygens (including phenoxy) is 1. The van der Waals surface area contributed by atoms with Gasteiger partial charge in [-0.1, -0.05) is 24.3 Å². The SMILES string of the molecule is COC(=O)c1ccccc1OP1(=O)OC(=[O+]C)c2ccccc2O1. The van der Waals surface area contributed by atoms with Gasteiger partial charge in [0.25, 0.3) is 0 Å². The van der Waals surface area contributed by atoms with Crippen molar-refractivity contribution < 1.29 is 32.1 Å². The summed E-state index contributed by atoms with van der Waals surface area (Å²) in [6.07, 6.45) is 0. The van der Waals surface area contributed by atoms with Crippen LogP contribution in [0.1, 0.15) is 20.3 Å². The number of carbonyl (C=O) groups is 1. The molecule has 0 radical (unpaired) electrons. The Labute approximate surface area is 138 Å². The molecule has 2 aromatic rings. The van der Waals surface area contributed by atoms with Crippen LogP contribution in [0.15, 0.2) is 48.5 Å². The minimum atomic E-state index is -4.09. The summed E-state index contributed by atoms with van der Waals surface area (Å²) in [5, 5.41) is 0. The van der Waals surface area contributed by atoms with E-state index in [0.29, 0.717) is 11.3 Å². The first-order valence-electron chi connectivity index (χ1n) is 6.93. The van der Waals surface area contributed by atoms with Gasteiger partial charge in [-0.2, -0.15) is 4.57 Å². The Morgan fingerprint density at radius 3 is 2.54 bits per heavy atom. The molecule has 0 bridgehead atoms. The number of para-hydroxylation sites is 2. The van der Waals surface area contributed by atoms with E-state index in [2.05, 4.69) is 4.74 Å². The van der Waals surface area contributed by atoms with Gasteiger partial charge in [0.15, 0.2) is 24.2 Å². The first kappa shape index (κ1) is 16.1. The number of methoxy groups -OCH3 is 1. The molecule has 8 heteroatoms. The lowest BCUT2D eigenvalue weighted by atomic mass is 10.2. The Morgan fingerprint density at radius 1 is 1.08 bits per heavy atom. The summed E-state index contributed by atoms with van der Waals surface area (Å²) >= 11 is 0. The van der Waals surface area contributed by atoms with E-state index < -0.39 is 13.8 Å². The van der Waals surface area contributed by atoms with E-state index in [0.717, 1.165) is 0 Å². The van der Waals surface area contributed by atoms with Gasteiger partial charge in [0.05, 0.1) is 7.11 Å². The maximum atomic E-state index is 12.9. The molecular formula is C16H14O7P+. The van der Waals surface area contributed by atoms with Gasteiger partial charge >= 0.3 is 19.8 Å². The number of fused-ring (bicyclic) bond motifs is 1. The fraction of sp³-hybridized carbons (Fsp3) is 0.125. The van der Waals surface area contributed by atoms with Gasteiger partial charge in [-0.3, -0.25) is 0 Å². The van der Waals surface area contributed by atoms with Crippen LogP contribution in [0.25, 0.3) is 0 Å². The van der Waals surface area contributed by atoms with Crippen molar-refractivity contribution in [3.8, 4) is 11.5 Å². The highest BCUT2D eigenvalue weighted by molar-refractivity contribution is 7.50. The molecule has 1 aliphatic rings. The average molecular weight is 349 g/mol. The van der Waals surface area contributed by atoms with E-state index in [4.69, 9.17) is 18.0 Å². The monoisotopic (exact) mass is 349 g/mol. The zero-order chi connectivity index (χ0) is 17.2. The van der Waals surface area contributed by atoms with Gasteiger partial charge < -0.3 is 18.2 Å². The van der Waals surface area contributed by atoms with Crippen molar-refractivity contribution in [1.29, 1.82) is 0 Å². The number of hydrogen-bond acceptors (Lipinski definition) is 6. The third-order valence-electron chi connectivity index (χ3n) is 3.20. The third-order valence-corrected chi connectivity index (χ3v) is 4.43. The highest BCUT2D eigenvalue weighted by Gasteiger charge is 2.51. The number of hydrogen-bond donors (Lipinski definition) is 0. The van der Waals surface area contributed by atoms with Crippen molar-refractivity contribution in [3.63, 3.8) is 0 Å². The molecule has 0 spiro atoms. The number of phosphoric acid groups is 1. The maximum absolute atomic E-state index is 12.9. The molecule has 1 atom stereocenters. The second kappa shape index (κ2) is 6.37. The first-order chi connectivity index (χ1) is 11.6. The fourth-order valence-corrected chi connectivity index (χ4v) is 3.42. The van der Waals surface area contributed by atoms with Crippen LogP contribution in [0.2, 0.25) is 0 Å². The molecule has 24 heavy (non-hydrogen) atoms. The number of phosphoric ester groups is 1. The molecule has 3 rings (SSSR count). The van der Waals surface area contributed by atoms with E-state index in [9.17, 15) is 9.36 Å². The summed E-state index contributed by atoms with van der Waals surface area (Å²) < 4.78 is 38.7. The van der Waals surface area contributed by atoms with Gasteiger partial charge in [-0.05, 0) is 24.3 Å². The first-order valence-corrected chi connectivity index (χ1v) is 8.39. The number of rotatable bonds is 3. The summed E-state index contributed by atoms with van der Waals surface area (Å²) in [5.74, 6) is -0.316. The van der Waals surface area contributed by atoms with Crippen LogP contribution in [-0.2, 0) is 13.8 Å². The molecule has 2 aromatic carbocycles. The number of carbonyl (C=O) groups excluding carboxylic acids is 2. The zero-order valence-corrected chi connectivity index (χ0v) is 13.8. The van der Waals surface area contributed by atoms with Crippen molar-refractivity contribution in [2.75, 3.05) is 14.2 Å². The van der Waals surface area contributed by atoms with Crippen LogP contribution in [0.3, 0.4) is 0 Å². The van der Waals surface area contributed by atoms with Crippen LogP contribution in [0.4, 0.5) is 0 Å². The fourth-order valence-electron chi connectivity index (χ4n) is 2.13. The molecule has 0 amide bonds. The smallest absolute Gasteiger partial charge is 0.465 e. The van der Waals surface area contributed by atoms with Crippen LogP contribution in [-0.4, -0.2) is 26.2 Å². The average Bonchev–Trinajstić information content (AvgIpc) is 2.60. The van der Waals surface area contributed by atoms with Crippen LogP contribution >= 0.6 is 7.82 Å². The van der Waals surface area contributed by atoms with Gasteiger partial charge in [0.2, 0.25) is 0 Å². The quantitative estimate of drug-likeness (QED) is 0.480. The highest BCUT2D eigenvalue weighted by Crippen LogP contribution is 2.54. The van der Waals surface area contributed by atoms with E-state index in [1.807, 2.05) is 0 Å². The van der Waals surface area contributed by atoms with E-state index in [1.54, 1.807) is 36.4 Å². The molecule has 0 N–H and O–H groups in total. The number of esters is 1. The molecule has 0 aliphatic carbocycles. The van der Waals surface area contributed by atoms with Gasteiger partial charge in [0.1, 0.15) is 5.56 Å². The second-order valence-corrected chi connectivity index (χ2v) is 6.14. The topological polar surface area (TPSA) is 82.4 Å². The third kappa shape index (κ3) is 2.98. The highest BCUT2D eigenvalue weighted by atomic mass is 31.2. The van der Waals surface area contributed by atoms with E-state index >= 15 is 0 Å². The maximum Gasteiger partial charge on any atom is 0.773 e. The normalized spacial score (nSPS) is 20.5. The molecule has 0 fully saturated rings. The lowest BCUT2D eigenvalue weighted by Crippen LogP contribution is -2.19. The Balaban J connectivity index is 1.97. The Kier molecular flexibility index (Phi) is 4.27. The largest absolute Gasteiger partial charge is 0.773 e. The van der Waals surface area contributed by atoms with Crippen LogP contribution in [0.5, 0.6) is 11.5 Å². The number of benzene rings is 2. The van der Waals surface area contributed by atoms with Crippen molar-refractivity contribution in [1.82, 2.24) is 0 Å². The summed E-state index contributed by atoms with van der Waals surface area (Å²) in [7, 11) is -1.47. The second-order valence-electron chi connectivity index (χ2n) is 4.70. The predicted molar refractivity (Wildman–Crippen MR) is 84.4 cm³/mol. The summed E-state index contributed by atoms with van der Waals surface area (Å²) in [5.41, 5.74) is 0.608. The molecule has 1 aliphatic heterocycles. The molecule has 124 valence electrons. The molecule has 1 unspecified atom stereocenters. The minimum absolute atomic E-state index is 0.00994. The minimum Gasteiger partial charge on any atom is -0.465 e. The van der Waals surface area contributed by atoms with Gasteiger partial charge in [-0.25, -0.2) is 9.32 Å². The van der Waals surface area contributed by atoms with E-state index in [1.165, 1.54) is 26.4 Å². The summed E-state index contributed by atoms with van der Waals surface area (Å²) in [6, 6.07) is 13.0. The summed E-state index contributed by atoms with van der Waals surface area (Å²) in [6.45, 7) is 0. The molecule has 0 saturated heterocycles. The predicted octanol–water partition coefficient (Wildman–Crippen LogP) is 3.38. The Bertz CT molecular complexity index is 859. The van der Waals surface area contributed by atoms with Crippen LogP contribution in [0, 0.1) is 0 Å². The standard InChI is InChI=1S/C16H14O7P/c1-19-15(17)11-7-3-5-9-13(11)21-24(18)22-14-10-6-4-8-12(14)16(20-2)23-24/h3-10H,1-2H3/q+1. The van der Waals surface area contributed by atoms with E-state index in [-0.39, 0.29) is 17.3 Å². The molecule has 0 saturated carbocycles. The van der Waals surface area contributed by atoms with Gasteiger partial charge in [-0.15, -0.1) is 0 Å². The van der Waals surface area contributed by atoms with Crippen molar-refractivity contribution in [3.05, 3.63) is 59.7 Å². The zero-order valence-electron chi connectivity index (χ0n) is 12.9. The van der Waals surface area contributed by atoms with Gasteiger partial charge in [0, 0.05) is 0 Å². The molecule has 1 heterocycles. The van der Waals surface area contributed by atoms with Crippen molar-refractivity contribution >= 4 is 19.8 Å². The molecule has 7 nitrogen and oxygen atoms in total. The van der Waals surface area contributed by atoms with Crippen molar-refractivity contribution in [2.45, 2.75) is 0 Å².